The van der Waals surface area contributed by atoms with Crippen LogP contribution in [0.5, 0.6) is 0 Å². The van der Waals surface area contributed by atoms with Crippen molar-refractivity contribution in [2.45, 2.75) is 31.7 Å². The highest BCUT2D eigenvalue weighted by Gasteiger charge is 2.28. The zero-order valence-electron chi connectivity index (χ0n) is 10.8. The zero-order valence-corrected chi connectivity index (χ0v) is 11.6. The number of hydrogen-bond acceptors (Lipinski definition) is 1. The molecule has 0 radical (unpaired) electrons. The molecule has 1 aliphatic carbocycles. The van der Waals surface area contributed by atoms with Gasteiger partial charge in [0.05, 0.1) is 0 Å². The standard InChI is InChI=1S/C14H15ClF3NO/c15-5-6-19(10-3-1-2-4-10)14(20)9-7-11(16)13(18)12(17)8-9/h7-8,10H,1-6H2. The summed E-state index contributed by atoms with van der Waals surface area (Å²) in [5.41, 5.74) is -0.182. The Kier molecular flexibility index (Phi) is 4.91. The maximum atomic E-state index is 13.2. The van der Waals surface area contributed by atoms with E-state index in [0.29, 0.717) is 6.54 Å². The maximum Gasteiger partial charge on any atom is 0.254 e. The van der Waals surface area contributed by atoms with Gasteiger partial charge in [0.15, 0.2) is 17.5 Å². The molecule has 0 aromatic heterocycles. The Morgan fingerprint density at radius 2 is 1.75 bits per heavy atom. The molecule has 0 spiro atoms. The van der Waals surface area contributed by atoms with Crippen LogP contribution in [-0.2, 0) is 0 Å². The van der Waals surface area contributed by atoms with Gasteiger partial charge in [0.2, 0.25) is 0 Å². The second-order valence-corrected chi connectivity index (χ2v) is 5.26. The normalized spacial score (nSPS) is 15.6. The van der Waals surface area contributed by atoms with Crippen molar-refractivity contribution in [2.24, 2.45) is 0 Å². The Morgan fingerprint density at radius 3 is 2.25 bits per heavy atom. The van der Waals surface area contributed by atoms with Crippen LogP contribution in [0.1, 0.15) is 36.0 Å². The third-order valence-corrected chi connectivity index (χ3v) is 3.75. The van der Waals surface area contributed by atoms with Crippen LogP contribution in [0.4, 0.5) is 13.2 Å². The predicted molar refractivity (Wildman–Crippen MR) is 70.3 cm³/mol. The van der Waals surface area contributed by atoms with Crippen molar-refractivity contribution in [3.05, 3.63) is 35.1 Å². The number of nitrogens with zero attached hydrogens (tertiary/aromatic N) is 1. The summed E-state index contributed by atoms with van der Waals surface area (Å²) in [6, 6.07) is 1.51. The van der Waals surface area contributed by atoms with Gasteiger partial charge in [0.1, 0.15) is 0 Å². The van der Waals surface area contributed by atoms with E-state index in [4.69, 9.17) is 11.6 Å². The van der Waals surface area contributed by atoms with E-state index < -0.39 is 23.4 Å². The summed E-state index contributed by atoms with van der Waals surface area (Å²) in [6.45, 7) is 0.311. The number of amides is 1. The molecule has 1 aromatic carbocycles. The van der Waals surface area contributed by atoms with E-state index in [0.717, 1.165) is 37.8 Å². The van der Waals surface area contributed by atoms with Crippen LogP contribution in [0.25, 0.3) is 0 Å². The third kappa shape index (κ3) is 3.08. The second kappa shape index (κ2) is 6.48. The molecule has 0 aliphatic heterocycles. The van der Waals surface area contributed by atoms with Gasteiger partial charge in [-0.05, 0) is 25.0 Å². The summed E-state index contributed by atoms with van der Waals surface area (Å²) in [6.07, 6.45) is 3.75. The molecular weight excluding hydrogens is 291 g/mol. The van der Waals surface area contributed by atoms with E-state index in [1.807, 2.05) is 0 Å². The van der Waals surface area contributed by atoms with Crippen molar-refractivity contribution in [3.63, 3.8) is 0 Å². The van der Waals surface area contributed by atoms with Gasteiger partial charge in [-0.2, -0.15) is 0 Å². The molecule has 1 aliphatic rings. The minimum Gasteiger partial charge on any atom is -0.334 e. The van der Waals surface area contributed by atoms with Crippen LogP contribution in [-0.4, -0.2) is 29.3 Å². The topological polar surface area (TPSA) is 20.3 Å². The molecule has 0 atom stereocenters. The lowest BCUT2D eigenvalue weighted by Crippen LogP contribution is -2.40. The number of benzene rings is 1. The fraction of sp³-hybridized carbons (Fsp3) is 0.500. The molecule has 6 heteroatoms. The zero-order chi connectivity index (χ0) is 14.7. The number of alkyl halides is 1. The lowest BCUT2D eigenvalue weighted by Gasteiger charge is -2.28. The molecule has 2 rings (SSSR count). The van der Waals surface area contributed by atoms with Gasteiger partial charge in [-0.25, -0.2) is 13.2 Å². The Morgan fingerprint density at radius 1 is 1.20 bits per heavy atom. The number of carbonyl (C=O) groups excluding carboxylic acids is 1. The summed E-state index contributed by atoms with van der Waals surface area (Å²) in [4.78, 5) is 13.9. The molecular formula is C14H15ClF3NO. The van der Waals surface area contributed by atoms with E-state index in [1.54, 1.807) is 0 Å². The molecule has 0 bridgehead atoms. The molecule has 20 heavy (non-hydrogen) atoms. The summed E-state index contributed by atoms with van der Waals surface area (Å²) in [7, 11) is 0. The van der Waals surface area contributed by atoms with E-state index in [-0.39, 0.29) is 17.5 Å². The third-order valence-electron chi connectivity index (χ3n) is 3.58. The monoisotopic (exact) mass is 305 g/mol. The molecule has 0 unspecified atom stereocenters. The SMILES string of the molecule is O=C(c1cc(F)c(F)c(F)c1)N(CCCl)C1CCCC1. The largest absolute Gasteiger partial charge is 0.334 e. The van der Waals surface area contributed by atoms with Crippen molar-refractivity contribution in [3.8, 4) is 0 Å². The Hall–Kier alpha value is -1.23. The Bertz CT molecular complexity index is 480. The highest BCUT2D eigenvalue weighted by Crippen LogP contribution is 2.25. The first-order valence-corrected chi connectivity index (χ1v) is 7.09. The van der Waals surface area contributed by atoms with Crippen LogP contribution in [0.3, 0.4) is 0 Å². The Balaban J connectivity index is 2.27. The number of halogens is 4. The lowest BCUT2D eigenvalue weighted by molar-refractivity contribution is 0.0694. The average Bonchev–Trinajstić information content (AvgIpc) is 2.94. The average molecular weight is 306 g/mol. The number of carbonyl (C=O) groups is 1. The smallest absolute Gasteiger partial charge is 0.254 e. The molecule has 1 saturated carbocycles. The first kappa shape index (κ1) is 15.2. The quantitative estimate of drug-likeness (QED) is 0.613. The van der Waals surface area contributed by atoms with Crippen LogP contribution < -0.4 is 0 Å². The highest BCUT2D eigenvalue weighted by atomic mass is 35.5. The predicted octanol–water partition coefficient (Wildman–Crippen LogP) is 3.73. The summed E-state index contributed by atoms with van der Waals surface area (Å²) >= 11 is 5.69. The minimum atomic E-state index is -1.56. The van der Waals surface area contributed by atoms with Crippen LogP contribution >= 0.6 is 11.6 Å². The van der Waals surface area contributed by atoms with Gasteiger partial charge < -0.3 is 4.90 Å². The van der Waals surface area contributed by atoms with Gasteiger partial charge in [-0.1, -0.05) is 12.8 Å². The maximum absolute atomic E-state index is 13.2. The molecule has 1 amide bonds. The number of rotatable bonds is 4. The van der Waals surface area contributed by atoms with Crippen LogP contribution in [0.15, 0.2) is 12.1 Å². The van der Waals surface area contributed by atoms with Gasteiger partial charge in [-0.15, -0.1) is 11.6 Å². The lowest BCUT2D eigenvalue weighted by atomic mass is 10.1. The molecule has 1 fully saturated rings. The van der Waals surface area contributed by atoms with Gasteiger partial charge in [-0.3, -0.25) is 4.79 Å². The van der Waals surface area contributed by atoms with Crippen LogP contribution in [0, 0.1) is 17.5 Å². The second-order valence-electron chi connectivity index (χ2n) is 4.88. The fourth-order valence-electron chi connectivity index (χ4n) is 2.60. The molecule has 0 heterocycles. The van der Waals surface area contributed by atoms with Crippen molar-refractivity contribution in [1.82, 2.24) is 4.90 Å². The van der Waals surface area contributed by atoms with E-state index in [9.17, 15) is 18.0 Å². The molecule has 0 N–H and O–H groups in total. The van der Waals surface area contributed by atoms with Crippen molar-refractivity contribution in [1.29, 1.82) is 0 Å². The van der Waals surface area contributed by atoms with Gasteiger partial charge in [0.25, 0.3) is 5.91 Å². The summed E-state index contributed by atoms with van der Waals surface area (Å²) < 4.78 is 39.4. The van der Waals surface area contributed by atoms with E-state index >= 15 is 0 Å². The first-order chi connectivity index (χ1) is 9.54. The highest BCUT2D eigenvalue weighted by molar-refractivity contribution is 6.18. The Labute approximate surface area is 120 Å². The summed E-state index contributed by atoms with van der Waals surface area (Å²) in [5.74, 6) is -4.54. The van der Waals surface area contributed by atoms with Crippen molar-refractivity contribution in [2.75, 3.05) is 12.4 Å². The van der Waals surface area contributed by atoms with Crippen molar-refractivity contribution < 1.29 is 18.0 Å². The van der Waals surface area contributed by atoms with Crippen molar-refractivity contribution >= 4 is 17.5 Å². The van der Waals surface area contributed by atoms with Gasteiger partial charge >= 0.3 is 0 Å². The van der Waals surface area contributed by atoms with Crippen LogP contribution in [0.2, 0.25) is 0 Å². The van der Waals surface area contributed by atoms with E-state index in [1.165, 1.54) is 4.90 Å². The minimum absolute atomic E-state index is 0.0393. The number of hydrogen-bond donors (Lipinski definition) is 0. The summed E-state index contributed by atoms with van der Waals surface area (Å²) in [5, 5.41) is 0. The van der Waals surface area contributed by atoms with E-state index in [2.05, 4.69) is 0 Å². The molecule has 0 saturated heterocycles. The first-order valence-electron chi connectivity index (χ1n) is 6.56. The molecule has 2 nitrogen and oxygen atoms in total. The van der Waals surface area contributed by atoms with Gasteiger partial charge in [0, 0.05) is 24.0 Å². The molecule has 1 aromatic rings. The fourth-order valence-corrected chi connectivity index (χ4v) is 2.78. The molecule has 110 valence electrons.